The molecule has 1 saturated heterocycles. The number of nitrogens with one attached hydrogen (secondary N) is 3. The van der Waals surface area contributed by atoms with E-state index in [9.17, 15) is 4.79 Å². The molecule has 4 rings (SSSR count). The van der Waals surface area contributed by atoms with Gasteiger partial charge >= 0.3 is 0 Å². The normalized spacial score (nSPS) is 18.2. The summed E-state index contributed by atoms with van der Waals surface area (Å²) in [7, 11) is 0. The molecule has 3 N–H and O–H groups in total. The minimum atomic E-state index is -0.0895. The predicted octanol–water partition coefficient (Wildman–Crippen LogP) is 4.63. The van der Waals surface area contributed by atoms with Crippen LogP contribution in [0.25, 0.3) is 0 Å². The third-order valence-corrected chi connectivity index (χ3v) is 7.22. The summed E-state index contributed by atoms with van der Waals surface area (Å²) in [4.78, 5) is 22.7. The molecule has 1 aliphatic heterocycles. The number of nitrogens with zero attached hydrogens (tertiary/aromatic N) is 2. The summed E-state index contributed by atoms with van der Waals surface area (Å²) in [6.45, 7) is 4.67. The van der Waals surface area contributed by atoms with Crippen molar-refractivity contribution in [1.82, 2.24) is 20.2 Å². The van der Waals surface area contributed by atoms with Gasteiger partial charge in [-0.05, 0) is 72.9 Å². The van der Waals surface area contributed by atoms with Gasteiger partial charge in [-0.2, -0.15) is 0 Å². The third kappa shape index (κ3) is 4.59. The fourth-order valence-corrected chi connectivity index (χ4v) is 5.24. The number of hydrogen-bond acceptors (Lipinski definition) is 3. The molecule has 1 aliphatic rings. The van der Waals surface area contributed by atoms with Crippen molar-refractivity contribution in [1.29, 1.82) is 0 Å². The average Bonchev–Trinajstić information content (AvgIpc) is 3.22. The first kappa shape index (κ1) is 21.8. The highest BCUT2D eigenvalue weighted by Crippen LogP contribution is 2.42. The van der Waals surface area contributed by atoms with Crippen LogP contribution in [0.15, 0.2) is 54.7 Å². The minimum absolute atomic E-state index is 0.0364. The number of halogens is 1. The van der Waals surface area contributed by atoms with Crippen molar-refractivity contribution in [3.63, 3.8) is 0 Å². The van der Waals surface area contributed by atoms with Gasteiger partial charge in [0, 0.05) is 45.4 Å². The number of rotatable bonds is 6. The van der Waals surface area contributed by atoms with Crippen LogP contribution in [0.2, 0.25) is 0 Å². The van der Waals surface area contributed by atoms with E-state index < -0.39 is 0 Å². The monoisotopic (exact) mass is 545 g/mol. The number of benzene rings is 1. The fraction of sp³-hybridized carbons (Fsp3) is 0.261. The van der Waals surface area contributed by atoms with Crippen LogP contribution in [-0.2, 0) is 4.79 Å². The molecule has 2 atom stereocenters. The summed E-state index contributed by atoms with van der Waals surface area (Å²) in [5, 5.41) is 7.05. The molecule has 0 unspecified atom stereocenters. The molecule has 160 valence electrons. The molecule has 0 saturated carbocycles. The van der Waals surface area contributed by atoms with Crippen LogP contribution in [0.3, 0.4) is 0 Å². The lowest BCUT2D eigenvalue weighted by molar-refractivity contribution is -0.116. The van der Waals surface area contributed by atoms with Crippen molar-refractivity contribution >= 4 is 51.5 Å². The highest BCUT2D eigenvalue weighted by atomic mass is 127. The van der Waals surface area contributed by atoms with E-state index in [1.165, 1.54) is 9.13 Å². The van der Waals surface area contributed by atoms with Gasteiger partial charge in [-0.15, -0.1) is 0 Å². The molecule has 3 aromatic rings. The summed E-state index contributed by atoms with van der Waals surface area (Å²) in [6.07, 6.45) is 2.13. The Kier molecular flexibility index (Phi) is 6.57. The van der Waals surface area contributed by atoms with E-state index in [-0.39, 0.29) is 18.0 Å². The van der Waals surface area contributed by atoms with Crippen molar-refractivity contribution in [2.75, 3.05) is 11.9 Å². The summed E-state index contributed by atoms with van der Waals surface area (Å²) in [5.41, 5.74) is 5.17. The maximum Gasteiger partial charge on any atom is 0.226 e. The molecule has 8 heteroatoms. The quantitative estimate of drug-likeness (QED) is 0.311. The van der Waals surface area contributed by atoms with Gasteiger partial charge in [0.05, 0.1) is 17.8 Å². The van der Waals surface area contributed by atoms with Gasteiger partial charge in [-0.3, -0.25) is 9.78 Å². The fourth-order valence-electron chi connectivity index (χ4n) is 4.05. The number of aryl methyl sites for hydroxylation is 2. The highest BCUT2D eigenvalue weighted by Gasteiger charge is 2.42. The van der Waals surface area contributed by atoms with E-state index in [0.717, 1.165) is 22.8 Å². The Labute approximate surface area is 201 Å². The van der Waals surface area contributed by atoms with Crippen LogP contribution in [0.1, 0.15) is 41.1 Å². The van der Waals surface area contributed by atoms with Crippen LogP contribution in [0, 0.1) is 17.4 Å². The lowest BCUT2D eigenvalue weighted by Crippen LogP contribution is -2.33. The number of pyridine rings is 1. The van der Waals surface area contributed by atoms with Crippen molar-refractivity contribution < 1.29 is 4.79 Å². The van der Waals surface area contributed by atoms with E-state index in [4.69, 9.17) is 12.2 Å². The standard InChI is InChI=1S/C23H24IN5OS/c1-14-19(20(24)15(2)26-14)22-21(17-10-6-7-12-25-17)28-23(31)29(22)13-11-18(30)27-16-8-4-3-5-9-16/h3-10,12,21-22,26H,11,13H2,1-2H3,(H,27,30)(H,28,31)/t21-,22+/m1/s1. The number of amides is 1. The van der Waals surface area contributed by atoms with Gasteiger partial charge in [0.1, 0.15) is 0 Å². The summed E-state index contributed by atoms with van der Waals surface area (Å²) in [6, 6.07) is 15.3. The maximum absolute atomic E-state index is 12.6. The van der Waals surface area contributed by atoms with Crippen molar-refractivity contribution in [2.24, 2.45) is 0 Å². The number of carbonyl (C=O) groups excluding carboxylic acids is 1. The molecule has 0 spiro atoms. The van der Waals surface area contributed by atoms with E-state index in [0.29, 0.717) is 18.1 Å². The number of aromatic amines is 1. The highest BCUT2D eigenvalue weighted by molar-refractivity contribution is 14.1. The topological polar surface area (TPSA) is 73.0 Å². The Morgan fingerprint density at radius 2 is 1.90 bits per heavy atom. The van der Waals surface area contributed by atoms with E-state index in [2.05, 4.69) is 61.9 Å². The molecule has 3 heterocycles. The van der Waals surface area contributed by atoms with E-state index in [1.54, 1.807) is 6.20 Å². The number of aromatic nitrogens is 2. The Balaban J connectivity index is 1.60. The van der Waals surface area contributed by atoms with Gasteiger partial charge in [-0.1, -0.05) is 24.3 Å². The number of para-hydroxylation sites is 1. The van der Waals surface area contributed by atoms with Crippen LogP contribution in [-0.4, -0.2) is 32.4 Å². The average molecular weight is 545 g/mol. The van der Waals surface area contributed by atoms with Crippen LogP contribution < -0.4 is 10.6 Å². The Morgan fingerprint density at radius 3 is 2.55 bits per heavy atom. The van der Waals surface area contributed by atoms with Crippen LogP contribution in [0.5, 0.6) is 0 Å². The molecule has 2 aromatic heterocycles. The first-order chi connectivity index (χ1) is 15.0. The molecule has 1 amide bonds. The zero-order valence-corrected chi connectivity index (χ0v) is 20.3. The second-order valence-electron chi connectivity index (χ2n) is 7.59. The van der Waals surface area contributed by atoms with Crippen LogP contribution >= 0.6 is 34.8 Å². The summed E-state index contributed by atoms with van der Waals surface area (Å²) in [5.74, 6) is -0.0364. The predicted molar refractivity (Wildman–Crippen MR) is 135 cm³/mol. The molecule has 0 aliphatic carbocycles. The minimum Gasteiger partial charge on any atom is -0.362 e. The maximum atomic E-state index is 12.6. The van der Waals surface area contributed by atoms with Gasteiger partial charge in [0.15, 0.2) is 5.11 Å². The number of thiocarbonyl (C=S) groups is 1. The van der Waals surface area contributed by atoms with Crippen LogP contribution in [0.4, 0.5) is 5.69 Å². The number of H-pyrrole nitrogens is 1. The number of hydrogen-bond donors (Lipinski definition) is 3. The SMILES string of the molecule is Cc1[nH]c(C)c([C@H]2[C@@H](c3ccccn3)NC(=S)N2CCC(=O)Nc2ccccc2)c1I. The summed E-state index contributed by atoms with van der Waals surface area (Å²) < 4.78 is 1.19. The lowest BCUT2D eigenvalue weighted by Gasteiger charge is -2.28. The lowest BCUT2D eigenvalue weighted by atomic mass is 9.96. The zero-order valence-electron chi connectivity index (χ0n) is 17.4. The molecular formula is C23H24IN5OS. The molecule has 0 radical (unpaired) electrons. The van der Waals surface area contributed by atoms with Crippen molar-refractivity contribution in [3.05, 3.63) is 80.9 Å². The second-order valence-corrected chi connectivity index (χ2v) is 9.05. The van der Waals surface area contributed by atoms with Crippen molar-refractivity contribution in [3.8, 4) is 0 Å². The summed E-state index contributed by atoms with van der Waals surface area (Å²) >= 11 is 8.10. The Bertz CT molecular complexity index is 1090. The zero-order chi connectivity index (χ0) is 22.0. The number of anilines is 1. The Hall–Kier alpha value is -2.46. The molecule has 1 fully saturated rings. The largest absolute Gasteiger partial charge is 0.362 e. The molecule has 1 aromatic carbocycles. The van der Waals surface area contributed by atoms with E-state index in [1.807, 2.05) is 48.5 Å². The first-order valence-corrected chi connectivity index (χ1v) is 11.6. The molecule has 6 nitrogen and oxygen atoms in total. The van der Waals surface area contributed by atoms with Gasteiger partial charge in [0.2, 0.25) is 5.91 Å². The van der Waals surface area contributed by atoms with Gasteiger partial charge < -0.3 is 20.5 Å². The molecule has 31 heavy (non-hydrogen) atoms. The van der Waals surface area contributed by atoms with Gasteiger partial charge in [0.25, 0.3) is 0 Å². The Morgan fingerprint density at radius 1 is 1.16 bits per heavy atom. The number of carbonyl (C=O) groups is 1. The van der Waals surface area contributed by atoms with E-state index >= 15 is 0 Å². The van der Waals surface area contributed by atoms with Gasteiger partial charge in [-0.25, -0.2) is 0 Å². The second kappa shape index (κ2) is 9.35. The first-order valence-electron chi connectivity index (χ1n) is 10.1. The van der Waals surface area contributed by atoms with Crippen molar-refractivity contribution in [2.45, 2.75) is 32.4 Å². The molecular weight excluding hydrogens is 521 g/mol. The third-order valence-electron chi connectivity index (χ3n) is 5.48. The smallest absolute Gasteiger partial charge is 0.226 e. The molecule has 0 bridgehead atoms.